The number of hydrogen-bond acceptors (Lipinski definition) is 4. The third-order valence-electron chi connectivity index (χ3n) is 2.84. The van der Waals surface area contributed by atoms with E-state index in [9.17, 15) is 5.11 Å². The zero-order chi connectivity index (χ0) is 9.10. The Morgan fingerprint density at radius 3 is 2.62 bits per heavy atom. The number of aliphatic hydroxyl groups is 1. The Kier molecular flexibility index (Phi) is 3.16. The summed E-state index contributed by atoms with van der Waals surface area (Å²) in [6.07, 6.45) is 3.03. The van der Waals surface area contributed by atoms with Crippen LogP contribution in [0, 0.1) is 0 Å². The lowest BCUT2D eigenvalue weighted by molar-refractivity contribution is -0.00836. The SMILES string of the molecule is O[C@@H]1CCC[C@H]1NN1CCOCC1. The van der Waals surface area contributed by atoms with Crippen molar-refractivity contribution >= 4 is 0 Å². The van der Waals surface area contributed by atoms with Gasteiger partial charge in [0.25, 0.3) is 0 Å². The maximum atomic E-state index is 9.60. The van der Waals surface area contributed by atoms with Crippen LogP contribution in [0.3, 0.4) is 0 Å². The summed E-state index contributed by atoms with van der Waals surface area (Å²) in [5, 5.41) is 11.8. The van der Waals surface area contributed by atoms with E-state index < -0.39 is 0 Å². The Labute approximate surface area is 78.8 Å². The molecule has 0 aromatic heterocycles. The van der Waals surface area contributed by atoms with Crippen LogP contribution in [-0.2, 0) is 4.74 Å². The summed E-state index contributed by atoms with van der Waals surface area (Å²) in [4.78, 5) is 0. The number of hydrogen-bond donors (Lipinski definition) is 2. The molecule has 4 heteroatoms. The van der Waals surface area contributed by atoms with Gasteiger partial charge in [-0.3, -0.25) is 0 Å². The number of nitrogens with zero attached hydrogens (tertiary/aromatic N) is 1. The van der Waals surface area contributed by atoms with Gasteiger partial charge in [-0.2, -0.15) is 0 Å². The Morgan fingerprint density at radius 1 is 1.23 bits per heavy atom. The van der Waals surface area contributed by atoms with E-state index in [2.05, 4.69) is 10.4 Å². The van der Waals surface area contributed by atoms with Crippen LogP contribution in [0.4, 0.5) is 0 Å². The average molecular weight is 186 g/mol. The van der Waals surface area contributed by atoms with Crippen molar-refractivity contribution in [1.29, 1.82) is 0 Å². The Bertz CT molecular complexity index is 160. The molecule has 2 atom stereocenters. The molecule has 0 amide bonds. The highest BCUT2D eigenvalue weighted by Crippen LogP contribution is 2.19. The lowest BCUT2D eigenvalue weighted by Crippen LogP contribution is -2.52. The van der Waals surface area contributed by atoms with E-state index in [4.69, 9.17) is 4.74 Å². The quantitative estimate of drug-likeness (QED) is 0.623. The van der Waals surface area contributed by atoms with E-state index in [0.29, 0.717) is 0 Å². The van der Waals surface area contributed by atoms with Gasteiger partial charge in [-0.05, 0) is 19.3 Å². The van der Waals surface area contributed by atoms with Crippen LogP contribution >= 0.6 is 0 Å². The molecule has 2 N–H and O–H groups in total. The van der Waals surface area contributed by atoms with Crippen LogP contribution in [0.1, 0.15) is 19.3 Å². The fourth-order valence-electron chi connectivity index (χ4n) is 2.02. The third-order valence-corrected chi connectivity index (χ3v) is 2.84. The molecule has 2 fully saturated rings. The second-order valence-corrected chi connectivity index (χ2v) is 3.83. The van der Waals surface area contributed by atoms with E-state index in [0.717, 1.165) is 45.6 Å². The van der Waals surface area contributed by atoms with Crippen molar-refractivity contribution < 1.29 is 9.84 Å². The zero-order valence-corrected chi connectivity index (χ0v) is 7.91. The number of ether oxygens (including phenoxy) is 1. The highest BCUT2D eigenvalue weighted by molar-refractivity contribution is 4.82. The van der Waals surface area contributed by atoms with Gasteiger partial charge in [-0.1, -0.05) is 0 Å². The molecule has 0 spiro atoms. The first-order chi connectivity index (χ1) is 6.36. The van der Waals surface area contributed by atoms with Gasteiger partial charge in [-0.25, -0.2) is 10.4 Å². The van der Waals surface area contributed by atoms with Crippen molar-refractivity contribution in [3.05, 3.63) is 0 Å². The molecule has 0 aromatic carbocycles. The van der Waals surface area contributed by atoms with Crippen LogP contribution in [-0.4, -0.2) is 48.6 Å². The van der Waals surface area contributed by atoms with Crippen LogP contribution in [0.15, 0.2) is 0 Å². The number of aliphatic hydroxyl groups excluding tert-OH is 1. The summed E-state index contributed by atoms with van der Waals surface area (Å²) in [5.41, 5.74) is 3.37. The third kappa shape index (κ3) is 2.40. The van der Waals surface area contributed by atoms with Crippen LogP contribution < -0.4 is 5.43 Å². The van der Waals surface area contributed by atoms with Gasteiger partial charge < -0.3 is 9.84 Å². The predicted octanol–water partition coefficient (Wildman–Crippen LogP) is -0.263. The van der Waals surface area contributed by atoms with Gasteiger partial charge in [0.1, 0.15) is 0 Å². The number of nitrogens with one attached hydrogen (secondary N) is 1. The number of hydrazine groups is 1. The topological polar surface area (TPSA) is 44.7 Å². The lowest BCUT2D eigenvalue weighted by Gasteiger charge is -2.31. The molecule has 0 unspecified atom stereocenters. The fraction of sp³-hybridized carbons (Fsp3) is 1.00. The molecular weight excluding hydrogens is 168 g/mol. The summed E-state index contributed by atoms with van der Waals surface area (Å²) in [6.45, 7) is 3.47. The fourth-order valence-corrected chi connectivity index (χ4v) is 2.02. The molecule has 0 bridgehead atoms. The largest absolute Gasteiger partial charge is 0.391 e. The second-order valence-electron chi connectivity index (χ2n) is 3.83. The molecule has 0 aromatic rings. The standard InChI is InChI=1S/C9H18N2O2/c12-9-3-1-2-8(9)10-11-4-6-13-7-5-11/h8-10,12H,1-7H2/t8-,9-/m1/s1. The van der Waals surface area contributed by atoms with Gasteiger partial charge in [0.2, 0.25) is 0 Å². The van der Waals surface area contributed by atoms with Crippen molar-refractivity contribution in [2.45, 2.75) is 31.4 Å². The number of morpholine rings is 1. The summed E-state index contributed by atoms with van der Waals surface area (Å²) >= 11 is 0. The first-order valence-corrected chi connectivity index (χ1v) is 5.13. The molecular formula is C9H18N2O2. The molecule has 4 nitrogen and oxygen atoms in total. The van der Waals surface area contributed by atoms with E-state index in [-0.39, 0.29) is 12.1 Å². The highest BCUT2D eigenvalue weighted by Gasteiger charge is 2.26. The van der Waals surface area contributed by atoms with Crippen LogP contribution in [0.5, 0.6) is 0 Å². The van der Waals surface area contributed by atoms with Crippen molar-refractivity contribution in [3.8, 4) is 0 Å². The van der Waals surface area contributed by atoms with Crippen molar-refractivity contribution in [2.75, 3.05) is 26.3 Å². The molecule has 0 radical (unpaired) electrons. The average Bonchev–Trinajstić information content (AvgIpc) is 2.54. The van der Waals surface area contributed by atoms with Gasteiger partial charge >= 0.3 is 0 Å². The van der Waals surface area contributed by atoms with E-state index in [1.807, 2.05) is 0 Å². The molecule has 1 saturated heterocycles. The van der Waals surface area contributed by atoms with Gasteiger partial charge in [0.05, 0.1) is 19.3 Å². The molecule has 1 heterocycles. The minimum atomic E-state index is -0.150. The maximum Gasteiger partial charge on any atom is 0.0706 e. The van der Waals surface area contributed by atoms with E-state index in [1.54, 1.807) is 0 Å². The normalized spacial score (nSPS) is 36.7. The van der Waals surface area contributed by atoms with Crippen molar-refractivity contribution in [1.82, 2.24) is 10.4 Å². The first kappa shape index (κ1) is 9.40. The van der Waals surface area contributed by atoms with Crippen LogP contribution in [0.2, 0.25) is 0 Å². The van der Waals surface area contributed by atoms with Crippen molar-refractivity contribution in [3.63, 3.8) is 0 Å². The molecule has 1 aliphatic carbocycles. The number of rotatable bonds is 2. The Hall–Kier alpha value is -0.160. The summed E-state index contributed by atoms with van der Waals surface area (Å²) in [6, 6.07) is 0.276. The first-order valence-electron chi connectivity index (χ1n) is 5.13. The van der Waals surface area contributed by atoms with E-state index in [1.165, 1.54) is 0 Å². The summed E-state index contributed by atoms with van der Waals surface area (Å²) in [7, 11) is 0. The van der Waals surface area contributed by atoms with Crippen molar-refractivity contribution in [2.24, 2.45) is 0 Å². The molecule has 13 heavy (non-hydrogen) atoms. The predicted molar refractivity (Wildman–Crippen MR) is 49.2 cm³/mol. The molecule has 1 saturated carbocycles. The molecule has 1 aliphatic heterocycles. The molecule has 76 valence electrons. The monoisotopic (exact) mass is 186 g/mol. The minimum Gasteiger partial charge on any atom is -0.391 e. The molecule has 2 aliphatic rings. The zero-order valence-electron chi connectivity index (χ0n) is 7.91. The summed E-state index contributed by atoms with van der Waals surface area (Å²) in [5.74, 6) is 0. The highest BCUT2D eigenvalue weighted by atomic mass is 16.5. The summed E-state index contributed by atoms with van der Waals surface area (Å²) < 4.78 is 5.25. The van der Waals surface area contributed by atoms with Gasteiger partial charge in [0, 0.05) is 19.1 Å². The van der Waals surface area contributed by atoms with Gasteiger partial charge in [-0.15, -0.1) is 0 Å². The van der Waals surface area contributed by atoms with E-state index >= 15 is 0 Å². The smallest absolute Gasteiger partial charge is 0.0706 e. The minimum absolute atomic E-state index is 0.150. The second kappa shape index (κ2) is 4.37. The Balaban J connectivity index is 1.75. The Morgan fingerprint density at radius 2 is 2.00 bits per heavy atom. The van der Waals surface area contributed by atoms with Gasteiger partial charge in [0.15, 0.2) is 0 Å². The van der Waals surface area contributed by atoms with Crippen LogP contribution in [0.25, 0.3) is 0 Å². The maximum absolute atomic E-state index is 9.60. The molecule has 2 rings (SSSR count). The lowest BCUT2D eigenvalue weighted by atomic mass is 10.2.